The molecule has 3 nitrogen and oxygen atoms in total. The van der Waals surface area contributed by atoms with E-state index in [1.807, 2.05) is 62.4 Å². The van der Waals surface area contributed by atoms with Gasteiger partial charge in [0.15, 0.2) is 0 Å². The highest BCUT2D eigenvalue weighted by atomic mass is 35.5. The first kappa shape index (κ1) is 19.3. The maximum Gasteiger partial charge on any atom is 0.221 e. The number of nitrogens with one attached hydrogen (secondary N) is 1. The highest BCUT2D eigenvalue weighted by molar-refractivity contribution is 6.30. The second kappa shape index (κ2) is 8.23. The zero-order valence-electron chi connectivity index (χ0n) is 13.3. The number of nitrogen functional groups attached to an aromatic ring is 1. The maximum absolute atomic E-state index is 12.2. The minimum atomic E-state index is -0.468. The van der Waals surface area contributed by atoms with E-state index in [1.54, 1.807) is 0 Å². The van der Waals surface area contributed by atoms with Crippen molar-refractivity contribution in [2.75, 3.05) is 5.73 Å². The summed E-state index contributed by atoms with van der Waals surface area (Å²) in [7, 11) is 0. The second-order valence-corrected chi connectivity index (χ2v) is 6.32. The smallest absolute Gasteiger partial charge is 0.221 e. The topological polar surface area (TPSA) is 55.1 Å². The van der Waals surface area contributed by atoms with Gasteiger partial charge >= 0.3 is 0 Å². The standard InChI is InChI=1S/C18H21ClN2O.ClH/c1-18(2,14-7-5-8-15(19)12-14)21-17(22)11-10-13-6-3-4-9-16(13)20;/h3-9,12H,10-11,20H2,1-2H3,(H,21,22);1H. The van der Waals surface area contributed by atoms with Crippen LogP contribution >= 0.6 is 24.0 Å². The number of halogens is 2. The van der Waals surface area contributed by atoms with Crippen LogP contribution in [0.1, 0.15) is 31.4 Å². The van der Waals surface area contributed by atoms with Gasteiger partial charge in [-0.15, -0.1) is 12.4 Å². The van der Waals surface area contributed by atoms with Crippen LogP contribution < -0.4 is 11.1 Å². The summed E-state index contributed by atoms with van der Waals surface area (Å²) < 4.78 is 0. The molecule has 0 bridgehead atoms. The fourth-order valence-corrected chi connectivity index (χ4v) is 2.56. The lowest BCUT2D eigenvalue weighted by molar-refractivity contribution is -0.122. The minimum Gasteiger partial charge on any atom is -0.399 e. The predicted molar refractivity (Wildman–Crippen MR) is 99.0 cm³/mol. The molecule has 5 heteroatoms. The van der Waals surface area contributed by atoms with Gasteiger partial charge in [0.25, 0.3) is 0 Å². The molecular formula is C18H22Cl2N2O. The number of aryl methyl sites for hydroxylation is 1. The van der Waals surface area contributed by atoms with E-state index in [2.05, 4.69) is 5.32 Å². The third-order valence-electron chi connectivity index (χ3n) is 3.67. The Kier molecular flexibility index (Phi) is 6.92. The molecular weight excluding hydrogens is 331 g/mol. The average molecular weight is 353 g/mol. The number of hydrogen-bond acceptors (Lipinski definition) is 2. The van der Waals surface area contributed by atoms with Crippen LogP contribution in [0.3, 0.4) is 0 Å². The lowest BCUT2D eigenvalue weighted by atomic mass is 9.94. The van der Waals surface area contributed by atoms with Crippen LogP contribution in [0.4, 0.5) is 5.69 Å². The summed E-state index contributed by atoms with van der Waals surface area (Å²) in [6.45, 7) is 3.93. The second-order valence-electron chi connectivity index (χ2n) is 5.88. The van der Waals surface area contributed by atoms with Crippen LogP contribution in [0.2, 0.25) is 5.02 Å². The van der Waals surface area contributed by atoms with E-state index in [0.717, 1.165) is 16.8 Å². The molecule has 0 aromatic heterocycles. The average Bonchev–Trinajstić information content (AvgIpc) is 2.46. The van der Waals surface area contributed by atoms with E-state index >= 15 is 0 Å². The highest BCUT2D eigenvalue weighted by Gasteiger charge is 2.22. The maximum atomic E-state index is 12.2. The van der Waals surface area contributed by atoms with Crippen molar-refractivity contribution in [2.45, 2.75) is 32.2 Å². The van der Waals surface area contributed by atoms with Gasteiger partial charge in [-0.05, 0) is 49.6 Å². The summed E-state index contributed by atoms with van der Waals surface area (Å²) >= 11 is 6.02. The molecule has 0 saturated carbocycles. The first-order valence-electron chi connectivity index (χ1n) is 7.29. The predicted octanol–water partition coefficient (Wildman–Crippen LogP) is 4.33. The number of amides is 1. The Bertz CT molecular complexity index is 672. The van der Waals surface area contributed by atoms with Gasteiger partial charge in [0.2, 0.25) is 5.91 Å². The Balaban J connectivity index is 0.00000264. The van der Waals surface area contributed by atoms with Crippen molar-refractivity contribution in [2.24, 2.45) is 0 Å². The fourth-order valence-electron chi connectivity index (χ4n) is 2.37. The number of anilines is 1. The van der Waals surface area contributed by atoms with E-state index in [9.17, 15) is 4.79 Å². The summed E-state index contributed by atoms with van der Waals surface area (Å²) in [5.74, 6) is -0.00627. The van der Waals surface area contributed by atoms with Crippen LogP contribution in [0, 0.1) is 0 Å². The van der Waals surface area contributed by atoms with Gasteiger partial charge in [-0.2, -0.15) is 0 Å². The van der Waals surface area contributed by atoms with Crippen molar-refractivity contribution in [3.05, 3.63) is 64.7 Å². The summed E-state index contributed by atoms with van der Waals surface area (Å²) in [4.78, 5) is 12.2. The lowest BCUT2D eigenvalue weighted by Gasteiger charge is -2.27. The number of benzene rings is 2. The molecule has 124 valence electrons. The van der Waals surface area contributed by atoms with Crippen LogP contribution in [0.15, 0.2) is 48.5 Å². The quantitative estimate of drug-likeness (QED) is 0.786. The number of carbonyl (C=O) groups is 1. The molecule has 2 aromatic carbocycles. The van der Waals surface area contributed by atoms with E-state index in [1.165, 1.54) is 0 Å². The van der Waals surface area contributed by atoms with Gasteiger partial charge in [0.05, 0.1) is 5.54 Å². The van der Waals surface area contributed by atoms with Gasteiger partial charge in [-0.25, -0.2) is 0 Å². The molecule has 0 atom stereocenters. The molecule has 0 aliphatic carbocycles. The molecule has 3 N–H and O–H groups in total. The number of hydrogen-bond donors (Lipinski definition) is 2. The van der Waals surface area contributed by atoms with Crippen molar-refractivity contribution in [1.82, 2.24) is 5.32 Å². The molecule has 0 aliphatic rings. The van der Waals surface area contributed by atoms with Gasteiger partial charge < -0.3 is 11.1 Å². The van der Waals surface area contributed by atoms with Gasteiger partial charge in [0.1, 0.15) is 0 Å². The molecule has 0 radical (unpaired) electrons. The van der Waals surface area contributed by atoms with Crippen LogP contribution in [0.5, 0.6) is 0 Å². The highest BCUT2D eigenvalue weighted by Crippen LogP contribution is 2.23. The van der Waals surface area contributed by atoms with Crippen LogP contribution in [-0.4, -0.2) is 5.91 Å². The van der Waals surface area contributed by atoms with Crippen molar-refractivity contribution in [3.8, 4) is 0 Å². The molecule has 2 aromatic rings. The third kappa shape index (κ3) is 5.45. The summed E-state index contributed by atoms with van der Waals surface area (Å²) in [5, 5.41) is 3.71. The summed E-state index contributed by atoms with van der Waals surface area (Å²) in [5.41, 5.74) is 8.13. The van der Waals surface area contributed by atoms with Gasteiger partial charge in [-0.1, -0.05) is 41.9 Å². The third-order valence-corrected chi connectivity index (χ3v) is 3.91. The molecule has 23 heavy (non-hydrogen) atoms. The Morgan fingerprint density at radius 2 is 1.87 bits per heavy atom. The normalized spacial score (nSPS) is 10.7. The van der Waals surface area contributed by atoms with Crippen LogP contribution in [0.25, 0.3) is 0 Å². The summed E-state index contributed by atoms with van der Waals surface area (Å²) in [6.07, 6.45) is 1.03. The molecule has 1 amide bonds. The molecule has 0 fully saturated rings. The van der Waals surface area contributed by atoms with Crippen LogP contribution in [-0.2, 0) is 16.8 Å². The largest absolute Gasteiger partial charge is 0.399 e. The molecule has 0 unspecified atom stereocenters. The zero-order chi connectivity index (χ0) is 16.2. The van der Waals surface area contributed by atoms with Gasteiger partial charge in [0, 0.05) is 17.1 Å². The Hall–Kier alpha value is -1.71. The molecule has 0 spiro atoms. The lowest BCUT2D eigenvalue weighted by Crippen LogP contribution is -2.41. The molecule has 0 aliphatic heterocycles. The van der Waals surface area contributed by atoms with Crippen molar-refractivity contribution in [1.29, 1.82) is 0 Å². The van der Waals surface area contributed by atoms with Crippen molar-refractivity contribution in [3.63, 3.8) is 0 Å². The van der Waals surface area contributed by atoms with E-state index in [0.29, 0.717) is 17.9 Å². The first-order chi connectivity index (χ1) is 10.4. The molecule has 0 heterocycles. The minimum absolute atomic E-state index is 0. The van der Waals surface area contributed by atoms with E-state index in [-0.39, 0.29) is 18.3 Å². The molecule has 2 rings (SSSR count). The number of carbonyl (C=O) groups excluding carboxylic acids is 1. The Labute approximate surface area is 148 Å². The van der Waals surface area contributed by atoms with Crippen molar-refractivity contribution < 1.29 is 4.79 Å². The number of para-hydroxylation sites is 1. The van der Waals surface area contributed by atoms with E-state index < -0.39 is 5.54 Å². The number of nitrogens with two attached hydrogens (primary N) is 1. The van der Waals surface area contributed by atoms with Crippen molar-refractivity contribution >= 4 is 35.6 Å². The fraction of sp³-hybridized carbons (Fsp3) is 0.278. The summed E-state index contributed by atoms with van der Waals surface area (Å²) in [6, 6.07) is 15.2. The zero-order valence-corrected chi connectivity index (χ0v) is 14.9. The Morgan fingerprint density at radius 1 is 1.17 bits per heavy atom. The number of rotatable bonds is 5. The molecule has 0 saturated heterocycles. The van der Waals surface area contributed by atoms with E-state index in [4.69, 9.17) is 17.3 Å². The monoisotopic (exact) mass is 352 g/mol. The SMILES string of the molecule is CC(C)(NC(=O)CCc1ccccc1N)c1cccc(Cl)c1.Cl. The first-order valence-corrected chi connectivity index (χ1v) is 7.67. The Morgan fingerprint density at radius 3 is 2.52 bits per heavy atom. The van der Waals surface area contributed by atoms with Gasteiger partial charge in [-0.3, -0.25) is 4.79 Å².